The monoisotopic (exact) mass is 700 g/mol. The summed E-state index contributed by atoms with van der Waals surface area (Å²) in [6.45, 7) is 2.42. The van der Waals surface area contributed by atoms with E-state index >= 15 is 0 Å². The highest BCUT2D eigenvalue weighted by atomic mass is 32.2. The number of rotatable bonds is 11. The summed E-state index contributed by atoms with van der Waals surface area (Å²) in [6.07, 6.45) is 4.13. The van der Waals surface area contributed by atoms with Gasteiger partial charge in [0.15, 0.2) is 29.8 Å². The summed E-state index contributed by atoms with van der Waals surface area (Å²) < 4.78 is 5.50. The molecule has 5 rings (SSSR count). The van der Waals surface area contributed by atoms with Gasteiger partial charge >= 0.3 is 11.9 Å². The van der Waals surface area contributed by atoms with Crippen molar-refractivity contribution in [3.63, 3.8) is 0 Å². The first kappa shape index (κ1) is 33.5. The third-order valence-electron chi connectivity index (χ3n) is 6.91. The molecule has 1 fully saturated rings. The Kier molecular flexibility index (Phi) is 9.16. The number of nitrogen functional groups attached to an aromatic ring is 1. The van der Waals surface area contributed by atoms with Gasteiger partial charge in [0.25, 0.3) is 17.7 Å². The summed E-state index contributed by atoms with van der Waals surface area (Å²) in [7, 11) is 0. The third kappa shape index (κ3) is 6.80. The summed E-state index contributed by atoms with van der Waals surface area (Å²) in [4.78, 5) is 87.2. The molecule has 48 heavy (non-hydrogen) atoms. The van der Waals surface area contributed by atoms with Gasteiger partial charge in [-0.3, -0.25) is 24.1 Å². The molecule has 250 valence electrons. The van der Waals surface area contributed by atoms with Crippen LogP contribution in [-0.2, 0) is 30.6 Å². The van der Waals surface area contributed by atoms with Crippen LogP contribution in [0, 0.1) is 0 Å². The molecule has 0 saturated carbocycles. The Bertz CT molecular complexity index is 1970. The van der Waals surface area contributed by atoms with E-state index in [9.17, 15) is 44.1 Å². The van der Waals surface area contributed by atoms with Crippen molar-refractivity contribution in [2.24, 2.45) is 5.16 Å². The first-order chi connectivity index (χ1) is 22.7. The van der Waals surface area contributed by atoms with Crippen LogP contribution in [0.15, 0.2) is 58.0 Å². The predicted molar refractivity (Wildman–Crippen MR) is 167 cm³/mol. The van der Waals surface area contributed by atoms with Gasteiger partial charge in [0.05, 0.1) is 0 Å². The summed E-state index contributed by atoms with van der Waals surface area (Å²) in [5.41, 5.74) is 2.82. The van der Waals surface area contributed by atoms with Gasteiger partial charge in [-0.15, -0.1) is 11.8 Å². The summed E-state index contributed by atoms with van der Waals surface area (Å²) in [6, 6.07) is 2.93. The van der Waals surface area contributed by atoms with E-state index in [-0.39, 0.29) is 34.6 Å². The number of hydrogen-bond acceptors (Lipinski definition) is 14. The second kappa shape index (κ2) is 13.1. The van der Waals surface area contributed by atoms with Gasteiger partial charge in [0, 0.05) is 41.2 Å². The number of anilines is 2. The van der Waals surface area contributed by atoms with Crippen molar-refractivity contribution in [3.05, 3.63) is 69.8 Å². The van der Waals surface area contributed by atoms with Crippen molar-refractivity contribution in [2.75, 3.05) is 16.8 Å². The number of carbonyl (C=O) groups excluding carboxylic acids is 3. The van der Waals surface area contributed by atoms with E-state index in [1.165, 1.54) is 31.8 Å². The number of aromatic hydroxyl groups is 1. The number of H-pyrrole nitrogens is 1. The molecule has 0 unspecified atom stereocenters. The van der Waals surface area contributed by atoms with E-state index in [1.807, 2.05) is 0 Å². The average Bonchev–Trinajstić information content (AvgIpc) is 3.46. The van der Waals surface area contributed by atoms with Crippen LogP contribution in [0.3, 0.4) is 0 Å². The van der Waals surface area contributed by atoms with Crippen molar-refractivity contribution >= 4 is 69.5 Å². The lowest BCUT2D eigenvalue weighted by atomic mass is 10.0. The summed E-state index contributed by atoms with van der Waals surface area (Å²) in [5, 5.41) is 36.7. The first-order valence-electron chi connectivity index (χ1n) is 13.7. The third-order valence-corrected chi connectivity index (χ3v) is 8.79. The van der Waals surface area contributed by atoms with Gasteiger partial charge in [-0.2, -0.15) is 13.9 Å². The maximum Gasteiger partial charge on any atom is 0.352 e. The highest BCUT2D eigenvalue weighted by Gasteiger charge is 2.55. The number of nitrogens with two attached hydrogens (primary N) is 1. The molecule has 21 heteroatoms. The number of aromatic nitrogens is 4. The number of nitrogens with zero attached hydrogens (tertiary/aromatic N) is 5. The Balaban J connectivity index is 1.32. The number of carboxylic acid groups (broad SMARTS) is 2. The second-order valence-corrected chi connectivity index (χ2v) is 12.6. The smallest absolute Gasteiger partial charge is 0.352 e. The maximum atomic E-state index is 13.3. The Morgan fingerprint density at radius 1 is 1.27 bits per heavy atom. The van der Waals surface area contributed by atoms with Gasteiger partial charge in [0.1, 0.15) is 28.5 Å². The summed E-state index contributed by atoms with van der Waals surface area (Å²) >= 11 is 1.94. The fraction of sp³-hybridized carbons (Fsp3) is 0.259. The lowest BCUT2D eigenvalue weighted by molar-refractivity contribution is -0.688. The molecule has 0 radical (unpaired) electrons. The van der Waals surface area contributed by atoms with Crippen LogP contribution in [0.4, 0.5) is 10.8 Å². The lowest BCUT2D eigenvalue weighted by Crippen LogP contribution is -2.71. The van der Waals surface area contributed by atoms with Crippen molar-refractivity contribution in [2.45, 2.75) is 37.4 Å². The molecule has 8 N–H and O–H groups in total. The van der Waals surface area contributed by atoms with E-state index < -0.39 is 63.6 Å². The number of pyridine rings is 2. The number of fused-ring (bicyclic) bond motifs is 1. The number of nitrogens with one attached hydrogen (secondary N) is 3. The molecule has 5 heterocycles. The molecule has 19 nitrogen and oxygen atoms in total. The molecule has 3 aromatic heterocycles. The number of carbonyl (C=O) groups is 5. The van der Waals surface area contributed by atoms with Gasteiger partial charge < -0.3 is 41.5 Å². The molecule has 3 amide bonds. The minimum absolute atomic E-state index is 0.0139. The van der Waals surface area contributed by atoms with Crippen LogP contribution < -0.4 is 26.4 Å². The van der Waals surface area contributed by atoms with Gasteiger partial charge in [-0.1, -0.05) is 5.16 Å². The number of amides is 3. The Morgan fingerprint density at radius 2 is 2.02 bits per heavy atom. The van der Waals surface area contributed by atoms with Crippen LogP contribution in [0.5, 0.6) is 5.75 Å². The van der Waals surface area contributed by atoms with Gasteiger partial charge in [0.2, 0.25) is 22.6 Å². The number of thioether (sulfide) groups is 1. The number of aliphatic carboxylic acids is 2. The quantitative estimate of drug-likeness (QED) is 0.0551. The van der Waals surface area contributed by atoms with Crippen LogP contribution in [-0.4, -0.2) is 92.7 Å². The predicted octanol–water partition coefficient (Wildman–Crippen LogP) is -0.923. The van der Waals surface area contributed by atoms with Crippen LogP contribution >= 0.6 is 23.3 Å². The maximum absolute atomic E-state index is 13.3. The Hall–Kier alpha value is -5.83. The van der Waals surface area contributed by atoms with Crippen LogP contribution in [0.1, 0.15) is 30.2 Å². The molecule has 0 spiro atoms. The molecule has 2 aliphatic heterocycles. The Morgan fingerprint density at radius 3 is 2.67 bits per heavy atom. The number of carboxylic acids is 2. The molecular formula is C27H26N9O10S2+. The van der Waals surface area contributed by atoms with Crippen molar-refractivity contribution in [1.29, 1.82) is 0 Å². The van der Waals surface area contributed by atoms with E-state index in [1.54, 1.807) is 22.9 Å². The number of hydrogen-bond donors (Lipinski definition) is 7. The zero-order valence-corrected chi connectivity index (χ0v) is 26.5. The minimum Gasteiger partial charge on any atom is -0.503 e. The summed E-state index contributed by atoms with van der Waals surface area (Å²) in [5.74, 6) is -5.76. The topological polar surface area (TPSA) is 283 Å². The van der Waals surface area contributed by atoms with Gasteiger partial charge in [-0.05, 0) is 19.9 Å². The van der Waals surface area contributed by atoms with Crippen molar-refractivity contribution < 1.29 is 48.7 Å². The van der Waals surface area contributed by atoms with Crippen molar-refractivity contribution in [3.8, 4) is 5.75 Å². The number of oxime groups is 1. The zero-order valence-electron chi connectivity index (χ0n) is 24.9. The largest absolute Gasteiger partial charge is 0.503 e. The Labute approximate surface area is 277 Å². The molecule has 1 saturated heterocycles. The highest BCUT2D eigenvalue weighted by molar-refractivity contribution is 8.00. The molecule has 0 aliphatic carbocycles. The highest BCUT2D eigenvalue weighted by Crippen LogP contribution is 2.40. The van der Waals surface area contributed by atoms with Crippen LogP contribution in [0.2, 0.25) is 0 Å². The number of β-lactam (4-membered cyclic amide) rings is 1. The molecule has 0 aromatic carbocycles. The van der Waals surface area contributed by atoms with Crippen molar-refractivity contribution in [1.82, 2.24) is 24.6 Å². The number of aromatic amines is 1. The fourth-order valence-corrected chi connectivity index (χ4v) is 6.21. The lowest BCUT2D eigenvalue weighted by Gasteiger charge is -2.49. The van der Waals surface area contributed by atoms with E-state index in [0.717, 1.165) is 28.7 Å². The zero-order chi connectivity index (χ0) is 34.9. The van der Waals surface area contributed by atoms with Crippen LogP contribution in [0.25, 0.3) is 0 Å². The standard InChI is InChI=1S/C27H25N9O10S2/c1-27(2,25(44)45)46-33-16(19-32-26(28)48-34-19)21(40)31-17-22(41)36-18(24(42)43)11(10-47-23(17)36)8-35-5-3-4-12(9-35)30-20(39)13-6-14(37)15(38)7-29-13/h3-7,9,17,23H,8,10H2,1-2H3,(H7-,28,29,30,31,32,33,34,37,38,39,40,42,43,44,45)/p+1/t17-,23+/m1/s1. The molecule has 2 atom stereocenters. The minimum atomic E-state index is -1.83. The normalized spacial score (nSPS) is 17.7. The second-order valence-electron chi connectivity index (χ2n) is 10.7. The van der Waals surface area contributed by atoms with E-state index in [4.69, 9.17) is 10.6 Å². The van der Waals surface area contributed by atoms with Gasteiger partial charge in [-0.25, -0.2) is 9.59 Å². The molecule has 3 aromatic rings. The SMILES string of the molecule is CC(C)(ON=C(C(=O)N[C@@H]1C(=O)N2C(C(=O)O)=C(C[n+]3cccc(NC(=O)c4cc(=O)c(O)c[nH]4)c3)CS[C@@H]12)c1nsc(N)n1)C(=O)O. The average molecular weight is 701 g/mol. The van der Waals surface area contributed by atoms with E-state index in [0.29, 0.717) is 11.3 Å². The fourth-order valence-electron chi connectivity index (χ4n) is 4.44. The molecule has 2 aliphatic rings. The first-order valence-corrected chi connectivity index (χ1v) is 15.5. The molecule has 0 bridgehead atoms. The molecular weight excluding hydrogens is 674 g/mol. The van der Waals surface area contributed by atoms with E-state index in [2.05, 4.69) is 30.1 Å².